The summed E-state index contributed by atoms with van der Waals surface area (Å²) in [6.45, 7) is 3.15. The van der Waals surface area contributed by atoms with Crippen LogP contribution in [0.15, 0.2) is 24.5 Å². The van der Waals surface area contributed by atoms with Crippen molar-refractivity contribution in [1.29, 1.82) is 0 Å². The second-order valence-corrected chi connectivity index (χ2v) is 4.53. The molecule has 2 amide bonds. The van der Waals surface area contributed by atoms with Crippen LogP contribution >= 0.6 is 24.8 Å². The van der Waals surface area contributed by atoms with Crippen LogP contribution in [0.3, 0.4) is 0 Å². The van der Waals surface area contributed by atoms with Crippen molar-refractivity contribution in [3.63, 3.8) is 0 Å². The van der Waals surface area contributed by atoms with Crippen LogP contribution in [0.25, 0.3) is 0 Å². The second kappa shape index (κ2) is 9.55. The zero-order valence-corrected chi connectivity index (χ0v) is 13.5. The Morgan fingerprint density at radius 2 is 1.81 bits per heavy atom. The molecule has 1 aromatic heterocycles. The summed E-state index contributed by atoms with van der Waals surface area (Å²) in [7, 11) is 1.64. The molecule has 1 aromatic rings. The molecule has 8 heteroatoms. The van der Waals surface area contributed by atoms with Crippen molar-refractivity contribution in [2.24, 2.45) is 0 Å². The molecular formula is C13H20Cl2N4O2. The van der Waals surface area contributed by atoms with Gasteiger partial charge >= 0.3 is 0 Å². The molecule has 1 saturated heterocycles. The van der Waals surface area contributed by atoms with E-state index in [4.69, 9.17) is 0 Å². The topological polar surface area (TPSA) is 65.5 Å². The lowest BCUT2D eigenvalue weighted by Gasteiger charge is -2.29. The fourth-order valence-corrected chi connectivity index (χ4v) is 2.00. The highest BCUT2D eigenvalue weighted by molar-refractivity contribution is 5.96. The van der Waals surface area contributed by atoms with Crippen molar-refractivity contribution in [2.45, 2.75) is 0 Å². The molecule has 2 heterocycles. The van der Waals surface area contributed by atoms with E-state index in [9.17, 15) is 9.59 Å². The molecule has 0 spiro atoms. The van der Waals surface area contributed by atoms with Crippen LogP contribution in [0, 0.1) is 0 Å². The molecule has 1 N–H and O–H groups in total. The monoisotopic (exact) mass is 334 g/mol. The van der Waals surface area contributed by atoms with Gasteiger partial charge in [0.15, 0.2) is 0 Å². The summed E-state index contributed by atoms with van der Waals surface area (Å²) >= 11 is 0. The molecule has 1 aliphatic rings. The first kappa shape index (κ1) is 19.6. The Hall–Kier alpha value is -1.37. The predicted molar refractivity (Wildman–Crippen MR) is 85.1 cm³/mol. The molecule has 0 radical (unpaired) electrons. The molecule has 1 fully saturated rings. The summed E-state index contributed by atoms with van der Waals surface area (Å²) in [6.07, 6.45) is 3.14. The maximum Gasteiger partial charge on any atom is 0.254 e. The number of amides is 2. The van der Waals surface area contributed by atoms with Gasteiger partial charge in [-0.15, -0.1) is 24.8 Å². The Morgan fingerprint density at radius 3 is 2.38 bits per heavy atom. The van der Waals surface area contributed by atoms with Crippen LogP contribution in [0.5, 0.6) is 0 Å². The average Bonchev–Trinajstić information content (AvgIpc) is 2.48. The van der Waals surface area contributed by atoms with Crippen molar-refractivity contribution in [1.82, 2.24) is 20.1 Å². The fraction of sp³-hybridized carbons (Fsp3) is 0.462. The van der Waals surface area contributed by atoms with Crippen LogP contribution in [-0.2, 0) is 4.79 Å². The van der Waals surface area contributed by atoms with E-state index in [1.54, 1.807) is 36.5 Å². The SMILES string of the molecule is CN(CC(=O)N1CCNCC1)C(=O)c1ccncc1.Cl.Cl. The lowest BCUT2D eigenvalue weighted by atomic mass is 10.2. The summed E-state index contributed by atoms with van der Waals surface area (Å²) in [5.41, 5.74) is 0.547. The quantitative estimate of drug-likeness (QED) is 0.870. The Balaban J connectivity index is 0.00000200. The van der Waals surface area contributed by atoms with E-state index in [0.717, 1.165) is 13.1 Å². The Bertz CT molecular complexity index is 453. The highest BCUT2D eigenvalue weighted by Gasteiger charge is 2.20. The van der Waals surface area contributed by atoms with Gasteiger partial charge in [-0.2, -0.15) is 0 Å². The summed E-state index contributed by atoms with van der Waals surface area (Å²) in [5.74, 6) is -0.169. The minimum Gasteiger partial charge on any atom is -0.339 e. The number of hydrogen-bond donors (Lipinski definition) is 1. The summed E-state index contributed by atoms with van der Waals surface area (Å²) in [6, 6.07) is 3.29. The average molecular weight is 335 g/mol. The number of nitrogens with one attached hydrogen (secondary N) is 1. The van der Waals surface area contributed by atoms with Crippen molar-refractivity contribution in [2.75, 3.05) is 39.8 Å². The third-order valence-corrected chi connectivity index (χ3v) is 3.12. The molecule has 6 nitrogen and oxygen atoms in total. The predicted octanol–water partition coefficient (Wildman–Crippen LogP) is 0.429. The van der Waals surface area contributed by atoms with E-state index in [2.05, 4.69) is 10.3 Å². The molecule has 0 bridgehead atoms. The number of halogens is 2. The lowest BCUT2D eigenvalue weighted by molar-refractivity contribution is -0.132. The van der Waals surface area contributed by atoms with E-state index < -0.39 is 0 Å². The lowest BCUT2D eigenvalue weighted by Crippen LogP contribution is -2.49. The highest BCUT2D eigenvalue weighted by atomic mass is 35.5. The molecule has 2 rings (SSSR count). The number of aromatic nitrogens is 1. The van der Waals surface area contributed by atoms with E-state index in [1.165, 1.54) is 4.90 Å². The Labute approximate surface area is 136 Å². The number of hydrogen-bond acceptors (Lipinski definition) is 4. The number of pyridine rings is 1. The molecular weight excluding hydrogens is 315 g/mol. The Morgan fingerprint density at radius 1 is 1.24 bits per heavy atom. The van der Waals surface area contributed by atoms with E-state index >= 15 is 0 Å². The molecule has 21 heavy (non-hydrogen) atoms. The van der Waals surface area contributed by atoms with Crippen LogP contribution in [-0.4, -0.2) is 66.4 Å². The number of likely N-dealkylation sites (N-methyl/N-ethyl adjacent to an activating group) is 1. The minimum atomic E-state index is -0.161. The Kier molecular flexibility index (Phi) is 8.92. The number of carbonyl (C=O) groups excluding carboxylic acids is 2. The molecule has 0 atom stereocenters. The normalized spacial score (nSPS) is 13.7. The van der Waals surface area contributed by atoms with E-state index in [-0.39, 0.29) is 43.2 Å². The molecule has 118 valence electrons. The van der Waals surface area contributed by atoms with Gasteiger partial charge in [0, 0.05) is 51.2 Å². The molecule has 0 aromatic carbocycles. The van der Waals surface area contributed by atoms with Gasteiger partial charge in [-0.05, 0) is 12.1 Å². The van der Waals surface area contributed by atoms with Crippen LogP contribution < -0.4 is 5.32 Å². The molecule has 0 aliphatic carbocycles. The van der Waals surface area contributed by atoms with Crippen molar-refractivity contribution in [3.05, 3.63) is 30.1 Å². The summed E-state index contributed by atoms with van der Waals surface area (Å²) in [5, 5.41) is 3.19. The number of piperazine rings is 1. The zero-order chi connectivity index (χ0) is 13.7. The fourth-order valence-electron chi connectivity index (χ4n) is 2.00. The standard InChI is InChI=1S/C13H18N4O2.2ClH/c1-16(13(19)11-2-4-14-5-3-11)10-12(18)17-8-6-15-7-9-17;;/h2-5,15H,6-10H2,1H3;2*1H. The van der Waals surface area contributed by atoms with Crippen LogP contribution in [0.1, 0.15) is 10.4 Å². The van der Waals surface area contributed by atoms with Gasteiger partial charge in [0.25, 0.3) is 5.91 Å². The van der Waals surface area contributed by atoms with Crippen molar-refractivity contribution in [3.8, 4) is 0 Å². The zero-order valence-electron chi connectivity index (χ0n) is 11.8. The van der Waals surface area contributed by atoms with Crippen LogP contribution in [0.2, 0.25) is 0 Å². The van der Waals surface area contributed by atoms with Gasteiger partial charge in [-0.3, -0.25) is 14.6 Å². The number of rotatable bonds is 3. The number of carbonyl (C=O) groups is 2. The van der Waals surface area contributed by atoms with Gasteiger partial charge in [-0.25, -0.2) is 0 Å². The maximum absolute atomic E-state index is 12.1. The smallest absolute Gasteiger partial charge is 0.254 e. The number of nitrogens with zero attached hydrogens (tertiary/aromatic N) is 3. The molecule has 0 unspecified atom stereocenters. The summed E-state index contributed by atoms with van der Waals surface area (Å²) in [4.78, 5) is 31.2. The van der Waals surface area contributed by atoms with E-state index in [1.807, 2.05) is 0 Å². The van der Waals surface area contributed by atoms with Gasteiger partial charge < -0.3 is 15.1 Å². The van der Waals surface area contributed by atoms with Gasteiger partial charge in [0.1, 0.15) is 0 Å². The first-order valence-corrected chi connectivity index (χ1v) is 6.32. The highest BCUT2D eigenvalue weighted by Crippen LogP contribution is 2.03. The minimum absolute atomic E-state index is 0. The first-order chi connectivity index (χ1) is 9.18. The van der Waals surface area contributed by atoms with E-state index in [0.29, 0.717) is 18.7 Å². The van der Waals surface area contributed by atoms with Crippen LogP contribution in [0.4, 0.5) is 0 Å². The van der Waals surface area contributed by atoms with Gasteiger partial charge in [0.2, 0.25) is 5.91 Å². The largest absolute Gasteiger partial charge is 0.339 e. The third kappa shape index (κ3) is 5.49. The summed E-state index contributed by atoms with van der Waals surface area (Å²) < 4.78 is 0. The maximum atomic E-state index is 12.1. The van der Waals surface area contributed by atoms with Gasteiger partial charge in [0.05, 0.1) is 6.54 Å². The molecule has 0 saturated carbocycles. The third-order valence-electron chi connectivity index (χ3n) is 3.12. The van der Waals surface area contributed by atoms with Crippen molar-refractivity contribution >= 4 is 36.6 Å². The van der Waals surface area contributed by atoms with Crippen molar-refractivity contribution < 1.29 is 9.59 Å². The van der Waals surface area contributed by atoms with Gasteiger partial charge in [-0.1, -0.05) is 0 Å². The first-order valence-electron chi connectivity index (χ1n) is 6.32. The second-order valence-electron chi connectivity index (χ2n) is 4.53. The molecule has 1 aliphatic heterocycles.